The Morgan fingerprint density at radius 3 is 2.44 bits per heavy atom. The molecule has 0 spiro atoms. The lowest BCUT2D eigenvalue weighted by Gasteiger charge is -2.31. The molecule has 32 heavy (non-hydrogen) atoms. The zero-order valence-corrected chi connectivity index (χ0v) is 19.4. The third-order valence-corrected chi connectivity index (χ3v) is 6.22. The first-order chi connectivity index (χ1) is 15.3. The number of imide groups is 1. The van der Waals surface area contributed by atoms with Gasteiger partial charge in [-0.3, -0.25) is 10.1 Å². The molecule has 1 N–H and O–H groups in total. The molecule has 0 radical (unpaired) electrons. The minimum Gasteiger partial charge on any atom is -0.325 e. The van der Waals surface area contributed by atoms with Crippen molar-refractivity contribution in [2.75, 3.05) is 11.4 Å². The highest BCUT2D eigenvalue weighted by Gasteiger charge is 2.32. The number of nitrogens with zero attached hydrogens (tertiary/aromatic N) is 2. The minimum absolute atomic E-state index is 0.375. The summed E-state index contributed by atoms with van der Waals surface area (Å²) in [6.07, 6.45) is 4.23. The Morgan fingerprint density at radius 1 is 1.06 bits per heavy atom. The highest BCUT2D eigenvalue weighted by atomic mass is 16.2. The van der Waals surface area contributed by atoms with Crippen molar-refractivity contribution in [1.82, 2.24) is 5.32 Å². The predicted octanol–water partition coefficient (Wildman–Crippen LogP) is 5.60. The smallest absolute Gasteiger partial charge is 0.325 e. The number of carbonyl (C=O) groups is 2. The molecule has 0 unspecified atom stereocenters. The number of urea groups is 1. The predicted molar refractivity (Wildman–Crippen MR) is 129 cm³/mol. The Kier molecular flexibility index (Phi) is 6.26. The van der Waals surface area contributed by atoms with E-state index in [1.807, 2.05) is 19.9 Å². The molecule has 5 nitrogen and oxygen atoms in total. The number of aryl methyl sites for hydroxylation is 3. The van der Waals surface area contributed by atoms with Crippen LogP contribution in [0, 0.1) is 13.8 Å². The molecule has 0 atom stereocenters. The Balaban J connectivity index is 1.75. The number of amides is 3. The van der Waals surface area contributed by atoms with Crippen LogP contribution in [-0.4, -0.2) is 24.3 Å². The second-order valence-electron chi connectivity index (χ2n) is 9.08. The maximum atomic E-state index is 12.7. The lowest BCUT2D eigenvalue weighted by molar-refractivity contribution is -0.116. The monoisotopic (exact) mass is 429 g/mol. The van der Waals surface area contributed by atoms with Crippen LogP contribution < -0.4 is 10.2 Å². The van der Waals surface area contributed by atoms with Gasteiger partial charge in [-0.25, -0.2) is 4.79 Å². The van der Waals surface area contributed by atoms with Gasteiger partial charge in [-0.2, -0.15) is 4.99 Å². The summed E-state index contributed by atoms with van der Waals surface area (Å²) in [5, 5.41) is 2.34. The molecule has 0 aromatic heterocycles. The molecule has 0 bridgehead atoms. The van der Waals surface area contributed by atoms with E-state index in [4.69, 9.17) is 0 Å². The van der Waals surface area contributed by atoms with Crippen LogP contribution in [0.25, 0.3) is 0 Å². The largest absolute Gasteiger partial charge is 0.349 e. The molecule has 1 fully saturated rings. The van der Waals surface area contributed by atoms with Crippen molar-refractivity contribution in [1.29, 1.82) is 0 Å². The Labute approximate surface area is 190 Å². The molecular weight excluding hydrogens is 398 g/mol. The van der Waals surface area contributed by atoms with Crippen molar-refractivity contribution >= 4 is 23.5 Å². The van der Waals surface area contributed by atoms with Gasteiger partial charge in [0.1, 0.15) is 0 Å². The summed E-state index contributed by atoms with van der Waals surface area (Å²) in [6, 6.07) is 14.3. The number of allylic oxidation sites excluding steroid dienone is 1. The van der Waals surface area contributed by atoms with Gasteiger partial charge in [0.25, 0.3) is 5.91 Å². The first-order valence-corrected chi connectivity index (χ1v) is 11.4. The number of rotatable bonds is 6. The van der Waals surface area contributed by atoms with Crippen molar-refractivity contribution in [2.45, 2.75) is 59.3 Å². The summed E-state index contributed by atoms with van der Waals surface area (Å²) in [6.45, 7) is 8.70. The van der Waals surface area contributed by atoms with Crippen LogP contribution in [0.1, 0.15) is 61.3 Å². The fourth-order valence-corrected chi connectivity index (χ4v) is 4.50. The topological polar surface area (TPSA) is 61.8 Å². The Hall–Kier alpha value is -3.21. The molecule has 1 heterocycles. The first kappa shape index (κ1) is 22.0. The van der Waals surface area contributed by atoms with Gasteiger partial charge < -0.3 is 4.90 Å². The van der Waals surface area contributed by atoms with Gasteiger partial charge in [0.15, 0.2) is 5.84 Å². The normalized spacial score (nSPS) is 16.0. The van der Waals surface area contributed by atoms with E-state index in [9.17, 15) is 9.59 Å². The van der Waals surface area contributed by atoms with Gasteiger partial charge in [-0.05, 0) is 87.6 Å². The van der Waals surface area contributed by atoms with E-state index in [-0.39, 0.29) is 5.91 Å². The van der Waals surface area contributed by atoms with E-state index < -0.39 is 6.03 Å². The number of hydrogen-bond acceptors (Lipinski definition) is 3. The van der Waals surface area contributed by atoms with Crippen molar-refractivity contribution in [3.8, 4) is 0 Å². The van der Waals surface area contributed by atoms with Crippen LogP contribution in [0.2, 0.25) is 0 Å². The quantitative estimate of drug-likeness (QED) is 0.608. The number of hydrogen-bond donors (Lipinski definition) is 1. The van der Waals surface area contributed by atoms with Crippen LogP contribution >= 0.6 is 0 Å². The van der Waals surface area contributed by atoms with Crippen LogP contribution in [-0.2, 0) is 11.2 Å². The van der Waals surface area contributed by atoms with E-state index in [0.717, 1.165) is 29.7 Å². The zero-order valence-electron chi connectivity index (χ0n) is 19.4. The molecule has 1 aliphatic carbocycles. The average Bonchev–Trinajstić information content (AvgIpc) is 3.57. The van der Waals surface area contributed by atoms with E-state index >= 15 is 0 Å². The third-order valence-electron chi connectivity index (χ3n) is 6.22. The molecule has 2 aliphatic rings. The number of anilines is 1. The van der Waals surface area contributed by atoms with Crippen molar-refractivity contribution < 1.29 is 9.59 Å². The molecule has 3 amide bonds. The summed E-state index contributed by atoms with van der Waals surface area (Å²) in [5.74, 6) is 0.697. The second kappa shape index (κ2) is 9.11. The van der Waals surface area contributed by atoms with E-state index in [0.29, 0.717) is 23.9 Å². The third kappa shape index (κ3) is 4.67. The molecular formula is C27H31N3O2. The summed E-state index contributed by atoms with van der Waals surface area (Å²) in [5.41, 5.74) is 7.43. The Bertz CT molecular complexity index is 1110. The van der Waals surface area contributed by atoms with Gasteiger partial charge >= 0.3 is 6.03 Å². The number of amidine groups is 1. The van der Waals surface area contributed by atoms with E-state index in [1.165, 1.54) is 29.5 Å². The number of nitrogens with one attached hydrogen (secondary N) is 1. The van der Waals surface area contributed by atoms with Gasteiger partial charge in [-0.1, -0.05) is 42.0 Å². The highest BCUT2D eigenvalue weighted by Crippen LogP contribution is 2.43. The molecule has 2 aromatic carbocycles. The maximum Gasteiger partial charge on any atom is 0.349 e. The first-order valence-electron chi connectivity index (χ1n) is 11.4. The van der Waals surface area contributed by atoms with Crippen LogP contribution in [0.5, 0.6) is 0 Å². The van der Waals surface area contributed by atoms with Crippen molar-refractivity contribution in [3.05, 3.63) is 75.9 Å². The van der Waals surface area contributed by atoms with E-state index in [2.05, 4.69) is 65.5 Å². The number of carbonyl (C=O) groups excluding carboxylic acids is 2. The maximum absolute atomic E-state index is 12.7. The molecule has 166 valence electrons. The van der Waals surface area contributed by atoms with Gasteiger partial charge in [0, 0.05) is 12.2 Å². The summed E-state index contributed by atoms with van der Waals surface area (Å²) in [4.78, 5) is 31.3. The molecule has 2 aromatic rings. The molecule has 0 saturated heterocycles. The fourth-order valence-electron chi connectivity index (χ4n) is 4.50. The molecule has 1 aliphatic heterocycles. The lowest BCUT2D eigenvalue weighted by atomic mass is 9.98. The average molecular weight is 430 g/mol. The minimum atomic E-state index is -0.602. The summed E-state index contributed by atoms with van der Waals surface area (Å²) < 4.78 is 0. The van der Waals surface area contributed by atoms with E-state index in [1.54, 1.807) is 0 Å². The van der Waals surface area contributed by atoms with Crippen molar-refractivity contribution in [3.63, 3.8) is 0 Å². The van der Waals surface area contributed by atoms with Crippen LogP contribution in [0.3, 0.4) is 0 Å². The SMILES string of the molecule is CC(C)=C1C(=O)NC(=O)N=C1N(CCCc1ccccc1)c1cc(C2CC2)c(C)cc1C. The van der Waals surface area contributed by atoms with Gasteiger partial charge in [-0.15, -0.1) is 0 Å². The highest BCUT2D eigenvalue weighted by molar-refractivity contribution is 6.33. The summed E-state index contributed by atoms with van der Waals surface area (Å²) >= 11 is 0. The molecule has 1 saturated carbocycles. The van der Waals surface area contributed by atoms with Crippen LogP contribution in [0.4, 0.5) is 10.5 Å². The van der Waals surface area contributed by atoms with Crippen molar-refractivity contribution in [2.24, 2.45) is 4.99 Å². The van der Waals surface area contributed by atoms with Gasteiger partial charge in [0.2, 0.25) is 0 Å². The number of aliphatic imine (C=N–C) groups is 1. The standard InChI is InChI=1S/C27H31N3O2/c1-17(2)24-25(28-27(32)29-26(24)31)30(14-8-11-20-9-6-5-7-10-20)23-16-22(21-12-13-21)18(3)15-19(23)4/h5-7,9-10,15-16,21H,8,11-14H2,1-4H3,(H,29,31,32). The second-order valence-corrected chi connectivity index (χ2v) is 9.08. The Morgan fingerprint density at radius 2 is 1.78 bits per heavy atom. The van der Waals surface area contributed by atoms with Crippen LogP contribution in [0.15, 0.2) is 58.6 Å². The lowest BCUT2D eigenvalue weighted by Crippen LogP contribution is -2.46. The number of benzene rings is 2. The molecule has 5 heteroatoms. The summed E-state index contributed by atoms with van der Waals surface area (Å²) in [7, 11) is 0. The fraction of sp³-hybridized carbons (Fsp3) is 0.370. The zero-order chi connectivity index (χ0) is 22.8. The van der Waals surface area contributed by atoms with Gasteiger partial charge in [0.05, 0.1) is 5.57 Å². The molecule has 4 rings (SSSR count).